The summed E-state index contributed by atoms with van der Waals surface area (Å²) in [5, 5.41) is 24.4. The van der Waals surface area contributed by atoms with Crippen molar-refractivity contribution in [2.24, 2.45) is 0 Å². The molecule has 0 radical (unpaired) electrons. The number of aliphatic carboxylic acids is 1. The van der Waals surface area contributed by atoms with Gasteiger partial charge in [0.05, 0.1) is 9.40 Å². The standard InChI is InChI=1S/C12H14BrN3O5/c1-2-3-9(11(17)18)15-12(19)14-7-4-5-8(13)10(6-7)16(20)21/h4-6,9H,2-3H2,1H3,(H,17,18)(H2,14,15,19)/t9-/m0/s1. The smallest absolute Gasteiger partial charge is 0.326 e. The highest BCUT2D eigenvalue weighted by Crippen LogP contribution is 2.27. The Morgan fingerprint density at radius 2 is 2.14 bits per heavy atom. The molecule has 0 bridgehead atoms. The average Bonchev–Trinajstić information content (AvgIpc) is 2.40. The van der Waals surface area contributed by atoms with Crippen LogP contribution in [0.4, 0.5) is 16.2 Å². The molecule has 1 atom stereocenters. The molecule has 0 saturated heterocycles. The Labute approximate surface area is 128 Å². The molecule has 0 aliphatic heterocycles. The highest BCUT2D eigenvalue weighted by molar-refractivity contribution is 9.10. The number of carbonyl (C=O) groups is 2. The number of hydrogen-bond donors (Lipinski definition) is 3. The minimum atomic E-state index is -1.13. The maximum atomic E-state index is 11.7. The van der Waals surface area contributed by atoms with Crippen LogP contribution in [0.15, 0.2) is 22.7 Å². The number of nitro benzene ring substituents is 1. The Hall–Kier alpha value is -2.16. The van der Waals surface area contributed by atoms with Gasteiger partial charge in [0.2, 0.25) is 0 Å². The second-order valence-electron chi connectivity index (χ2n) is 4.20. The maximum Gasteiger partial charge on any atom is 0.326 e. The average molecular weight is 360 g/mol. The Morgan fingerprint density at radius 1 is 1.48 bits per heavy atom. The van der Waals surface area contributed by atoms with Crippen molar-refractivity contribution in [3.8, 4) is 0 Å². The van der Waals surface area contributed by atoms with Gasteiger partial charge < -0.3 is 15.7 Å². The van der Waals surface area contributed by atoms with E-state index in [0.29, 0.717) is 12.8 Å². The third kappa shape index (κ3) is 5.03. The zero-order chi connectivity index (χ0) is 16.0. The van der Waals surface area contributed by atoms with E-state index >= 15 is 0 Å². The third-order valence-electron chi connectivity index (χ3n) is 2.58. The molecule has 0 spiro atoms. The number of anilines is 1. The number of nitrogens with zero attached hydrogens (tertiary/aromatic N) is 1. The predicted molar refractivity (Wildman–Crippen MR) is 79.3 cm³/mol. The SMILES string of the molecule is CCC[C@H](NC(=O)Nc1ccc(Br)c([N+](=O)[O-])c1)C(=O)O. The van der Waals surface area contributed by atoms with Crippen LogP contribution < -0.4 is 10.6 Å². The van der Waals surface area contributed by atoms with Gasteiger partial charge in [0.25, 0.3) is 5.69 Å². The number of benzene rings is 1. The number of carbonyl (C=O) groups excluding carboxylic acids is 1. The number of carboxylic acid groups (broad SMARTS) is 1. The van der Waals surface area contributed by atoms with E-state index < -0.39 is 23.0 Å². The Morgan fingerprint density at radius 3 is 2.67 bits per heavy atom. The normalized spacial score (nSPS) is 11.5. The minimum absolute atomic E-state index is 0.197. The van der Waals surface area contributed by atoms with Gasteiger partial charge in [0.1, 0.15) is 6.04 Å². The van der Waals surface area contributed by atoms with Crippen molar-refractivity contribution in [1.29, 1.82) is 0 Å². The highest BCUT2D eigenvalue weighted by atomic mass is 79.9. The van der Waals surface area contributed by atoms with Gasteiger partial charge in [-0.15, -0.1) is 0 Å². The van der Waals surface area contributed by atoms with E-state index in [-0.39, 0.29) is 15.8 Å². The van der Waals surface area contributed by atoms with Crippen molar-refractivity contribution < 1.29 is 19.6 Å². The van der Waals surface area contributed by atoms with Crippen molar-refractivity contribution in [3.05, 3.63) is 32.8 Å². The number of nitro groups is 1. The van der Waals surface area contributed by atoms with Crippen LogP contribution in [0.2, 0.25) is 0 Å². The van der Waals surface area contributed by atoms with Crippen LogP contribution in [0.25, 0.3) is 0 Å². The van der Waals surface area contributed by atoms with E-state index in [1.807, 2.05) is 0 Å². The fraction of sp³-hybridized carbons (Fsp3) is 0.333. The summed E-state index contributed by atoms with van der Waals surface area (Å²) in [6.07, 6.45) is 0.893. The first-order chi connectivity index (χ1) is 9.85. The van der Waals surface area contributed by atoms with Crippen molar-refractivity contribution in [2.45, 2.75) is 25.8 Å². The monoisotopic (exact) mass is 359 g/mol. The van der Waals surface area contributed by atoms with Gasteiger partial charge in [0, 0.05) is 11.8 Å². The number of halogens is 1. The lowest BCUT2D eigenvalue weighted by Gasteiger charge is -2.14. The predicted octanol–water partition coefficient (Wildman–Crippen LogP) is 2.73. The molecule has 114 valence electrons. The molecule has 0 aliphatic carbocycles. The summed E-state index contributed by atoms with van der Waals surface area (Å²) in [4.78, 5) is 32.8. The zero-order valence-electron chi connectivity index (χ0n) is 11.1. The van der Waals surface area contributed by atoms with Crippen LogP contribution in [0.5, 0.6) is 0 Å². The fourth-order valence-corrected chi connectivity index (χ4v) is 1.99. The van der Waals surface area contributed by atoms with E-state index in [4.69, 9.17) is 5.11 Å². The molecule has 0 unspecified atom stereocenters. The van der Waals surface area contributed by atoms with Crippen LogP contribution in [0.3, 0.4) is 0 Å². The largest absolute Gasteiger partial charge is 0.480 e. The molecule has 1 rings (SSSR count). The van der Waals surface area contributed by atoms with Gasteiger partial charge in [-0.3, -0.25) is 10.1 Å². The van der Waals surface area contributed by atoms with Gasteiger partial charge in [-0.25, -0.2) is 9.59 Å². The van der Waals surface area contributed by atoms with Gasteiger partial charge in [-0.1, -0.05) is 13.3 Å². The molecule has 21 heavy (non-hydrogen) atoms. The Balaban J connectivity index is 2.77. The number of urea groups is 1. The molecule has 8 nitrogen and oxygen atoms in total. The highest BCUT2D eigenvalue weighted by Gasteiger charge is 2.19. The van der Waals surface area contributed by atoms with Gasteiger partial charge in [-0.05, 0) is 34.5 Å². The maximum absolute atomic E-state index is 11.7. The van der Waals surface area contributed by atoms with Crippen molar-refractivity contribution in [2.75, 3.05) is 5.32 Å². The molecule has 0 saturated carbocycles. The second kappa shape index (κ2) is 7.58. The summed E-state index contributed by atoms with van der Waals surface area (Å²) in [7, 11) is 0. The molecule has 3 N–H and O–H groups in total. The molecule has 0 heterocycles. The van der Waals surface area contributed by atoms with E-state index in [0.717, 1.165) is 0 Å². The second-order valence-corrected chi connectivity index (χ2v) is 5.06. The van der Waals surface area contributed by atoms with Crippen molar-refractivity contribution in [3.63, 3.8) is 0 Å². The van der Waals surface area contributed by atoms with Crippen LogP contribution in [-0.2, 0) is 4.79 Å². The van der Waals surface area contributed by atoms with E-state index in [1.54, 1.807) is 6.92 Å². The number of amides is 2. The zero-order valence-corrected chi connectivity index (χ0v) is 12.7. The lowest BCUT2D eigenvalue weighted by Crippen LogP contribution is -2.42. The van der Waals surface area contributed by atoms with Crippen LogP contribution in [-0.4, -0.2) is 28.1 Å². The summed E-state index contributed by atoms with van der Waals surface area (Å²) < 4.78 is 0.285. The van der Waals surface area contributed by atoms with E-state index in [1.165, 1.54) is 18.2 Å². The van der Waals surface area contributed by atoms with Crippen LogP contribution in [0.1, 0.15) is 19.8 Å². The Bertz CT molecular complexity index is 564. The number of nitrogens with one attached hydrogen (secondary N) is 2. The third-order valence-corrected chi connectivity index (χ3v) is 3.25. The number of rotatable bonds is 6. The van der Waals surface area contributed by atoms with E-state index in [2.05, 4.69) is 26.6 Å². The summed E-state index contributed by atoms with van der Waals surface area (Å²) >= 11 is 3.03. The molecule has 0 fully saturated rings. The van der Waals surface area contributed by atoms with Crippen molar-refractivity contribution >= 4 is 39.3 Å². The first kappa shape index (κ1) is 16.9. The molecule has 9 heteroatoms. The molecular formula is C12H14BrN3O5. The lowest BCUT2D eigenvalue weighted by atomic mass is 10.2. The Kier molecular flexibility index (Phi) is 6.10. The first-order valence-electron chi connectivity index (χ1n) is 6.09. The number of hydrogen-bond acceptors (Lipinski definition) is 4. The van der Waals surface area contributed by atoms with Gasteiger partial charge in [0.15, 0.2) is 0 Å². The molecule has 0 aliphatic rings. The summed E-state index contributed by atoms with van der Waals surface area (Å²) in [6.45, 7) is 1.80. The first-order valence-corrected chi connectivity index (χ1v) is 6.88. The van der Waals surface area contributed by atoms with E-state index in [9.17, 15) is 19.7 Å². The number of carboxylic acids is 1. The summed E-state index contributed by atoms with van der Waals surface area (Å²) in [5.41, 5.74) is -0.000759. The quantitative estimate of drug-likeness (QED) is 0.532. The van der Waals surface area contributed by atoms with Gasteiger partial charge >= 0.3 is 12.0 Å². The minimum Gasteiger partial charge on any atom is -0.480 e. The topological polar surface area (TPSA) is 122 Å². The van der Waals surface area contributed by atoms with Crippen molar-refractivity contribution in [1.82, 2.24) is 5.32 Å². The molecular weight excluding hydrogens is 346 g/mol. The molecule has 1 aromatic rings. The molecule has 1 aromatic carbocycles. The van der Waals surface area contributed by atoms with Gasteiger partial charge in [-0.2, -0.15) is 0 Å². The van der Waals surface area contributed by atoms with Crippen LogP contribution in [0, 0.1) is 10.1 Å². The lowest BCUT2D eigenvalue weighted by molar-refractivity contribution is -0.385. The summed E-state index contributed by atoms with van der Waals surface area (Å²) in [6, 6.07) is 2.34. The summed E-state index contributed by atoms with van der Waals surface area (Å²) in [5.74, 6) is -1.13. The molecule has 0 aromatic heterocycles. The van der Waals surface area contributed by atoms with Crippen LogP contribution >= 0.6 is 15.9 Å². The molecule has 2 amide bonds. The fourth-order valence-electron chi connectivity index (χ4n) is 1.60.